The number of aromatic carboxylic acids is 1. The van der Waals surface area contributed by atoms with E-state index in [1.54, 1.807) is 24.3 Å². The molecule has 5 nitrogen and oxygen atoms in total. The second kappa shape index (κ2) is 10.4. The first kappa shape index (κ1) is 24.6. The maximum Gasteiger partial charge on any atom is 0.335 e. The number of aryl methyl sites for hydroxylation is 1. The second-order valence-corrected chi connectivity index (χ2v) is 10.3. The van der Waals surface area contributed by atoms with E-state index < -0.39 is 12.1 Å². The van der Waals surface area contributed by atoms with Crippen molar-refractivity contribution in [1.29, 1.82) is 0 Å². The van der Waals surface area contributed by atoms with Crippen LogP contribution in [0.3, 0.4) is 0 Å². The lowest BCUT2D eigenvalue weighted by Gasteiger charge is -2.52. The van der Waals surface area contributed by atoms with Crippen LogP contribution < -0.4 is 9.64 Å². The van der Waals surface area contributed by atoms with Gasteiger partial charge in [-0.3, -0.25) is 0 Å². The van der Waals surface area contributed by atoms with E-state index in [4.69, 9.17) is 16.3 Å². The second-order valence-electron chi connectivity index (χ2n) is 9.87. The number of rotatable bonds is 6. The van der Waals surface area contributed by atoms with Crippen LogP contribution in [-0.4, -0.2) is 35.4 Å². The number of carboxylic acid groups (broad SMARTS) is 1. The number of nitrogens with zero attached hydrogens (tertiary/aromatic N) is 1. The predicted molar refractivity (Wildman–Crippen MR) is 136 cm³/mol. The van der Waals surface area contributed by atoms with Gasteiger partial charge in [0.1, 0.15) is 12.4 Å². The minimum atomic E-state index is -0.952. The average Bonchev–Trinajstić information content (AvgIpc) is 2.84. The van der Waals surface area contributed by atoms with Crippen LogP contribution >= 0.6 is 11.6 Å². The van der Waals surface area contributed by atoms with Crippen molar-refractivity contribution >= 4 is 23.3 Å². The highest BCUT2D eigenvalue weighted by Crippen LogP contribution is 2.51. The van der Waals surface area contributed by atoms with Gasteiger partial charge in [-0.1, -0.05) is 30.7 Å². The molecule has 1 aliphatic heterocycles. The summed E-state index contributed by atoms with van der Waals surface area (Å²) in [5.41, 5.74) is 3.19. The molecular weight excluding hydrogens is 450 g/mol. The molecule has 0 spiro atoms. The van der Waals surface area contributed by atoms with Crippen molar-refractivity contribution in [3.8, 4) is 5.75 Å². The van der Waals surface area contributed by atoms with E-state index in [1.165, 1.54) is 5.56 Å². The molecule has 182 valence electrons. The minimum absolute atomic E-state index is 0.168. The van der Waals surface area contributed by atoms with Gasteiger partial charge >= 0.3 is 5.97 Å². The summed E-state index contributed by atoms with van der Waals surface area (Å²) in [5.74, 6) is 0.0392. The first-order valence-electron chi connectivity index (χ1n) is 12.1. The summed E-state index contributed by atoms with van der Waals surface area (Å²) < 4.78 is 6.28. The third-order valence-electron chi connectivity index (χ3n) is 7.78. The van der Waals surface area contributed by atoms with E-state index in [9.17, 15) is 15.0 Å². The highest BCUT2D eigenvalue weighted by Gasteiger charge is 2.47. The van der Waals surface area contributed by atoms with E-state index in [-0.39, 0.29) is 11.0 Å². The molecule has 3 atom stereocenters. The Hall–Kier alpha value is -2.50. The van der Waals surface area contributed by atoms with E-state index in [0.717, 1.165) is 61.5 Å². The van der Waals surface area contributed by atoms with Gasteiger partial charge in [-0.2, -0.15) is 0 Å². The smallest absolute Gasteiger partial charge is 0.335 e. The van der Waals surface area contributed by atoms with Crippen molar-refractivity contribution < 1.29 is 19.7 Å². The van der Waals surface area contributed by atoms with Crippen molar-refractivity contribution in [3.05, 3.63) is 70.8 Å². The Labute approximate surface area is 207 Å². The Kier molecular flexibility index (Phi) is 7.54. The summed E-state index contributed by atoms with van der Waals surface area (Å²) in [7, 11) is 0. The molecule has 0 aromatic heterocycles. The summed E-state index contributed by atoms with van der Waals surface area (Å²) >= 11 is 6.25. The van der Waals surface area contributed by atoms with Crippen LogP contribution in [-0.2, 0) is 13.0 Å². The zero-order valence-corrected chi connectivity index (χ0v) is 20.6. The lowest BCUT2D eigenvalue weighted by Crippen LogP contribution is -2.51. The van der Waals surface area contributed by atoms with Crippen LogP contribution in [0.15, 0.2) is 49.1 Å². The highest BCUT2D eigenvalue weighted by atomic mass is 35.5. The van der Waals surface area contributed by atoms with Gasteiger partial charge in [0, 0.05) is 18.1 Å². The first-order chi connectivity index (χ1) is 16.3. The zero-order valence-electron chi connectivity index (χ0n) is 19.8. The van der Waals surface area contributed by atoms with Gasteiger partial charge in [0.05, 0.1) is 17.4 Å². The number of carbonyl (C=O) groups is 1. The SMILES string of the molecule is C=CC[C@@H](O)[C@@]1(C)CC[C@H]1CN1CCCCc2cc(Cl)ccc2COc2ccc(C(=O)O)cc21. The minimum Gasteiger partial charge on any atom is -0.487 e. The number of fused-ring (bicyclic) bond motifs is 2. The van der Waals surface area contributed by atoms with Gasteiger partial charge in [0.2, 0.25) is 0 Å². The monoisotopic (exact) mass is 483 g/mol. The Morgan fingerprint density at radius 1 is 1.29 bits per heavy atom. The van der Waals surface area contributed by atoms with Gasteiger partial charge in [-0.15, -0.1) is 6.58 Å². The van der Waals surface area contributed by atoms with E-state index in [2.05, 4.69) is 18.4 Å². The summed E-state index contributed by atoms with van der Waals surface area (Å²) in [6, 6.07) is 11.0. The molecule has 1 saturated carbocycles. The molecule has 0 amide bonds. The Bertz CT molecular complexity index is 1050. The number of aliphatic hydroxyl groups excluding tert-OH is 1. The number of benzene rings is 2. The molecule has 1 aliphatic carbocycles. The van der Waals surface area contributed by atoms with Crippen molar-refractivity contribution in [3.63, 3.8) is 0 Å². The standard InChI is InChI=1S/C28H34ClNO4/c1-3-6-26(31)28(2)13-12-22(28)17-30-14-5-4-7-19-15-23(29)10-8-21(19)18-34-25-11-9-20(27(32)33)16-24(25)30/h3,8-11,15-16,22,26,31H,1,4-7,12-14,17-18H2,2H3,(H,32,33)/t22-,26+,28-/m0/s1. The number of hydrogen-bond donors (Lipinski definition) is 2. The lowest BCUT2D eigenvalue weighted by molar-refractivity contribution is -0.0693. The molecule has 34 heavy (non-hydrogen) atoms. The Balaban J connectivity index is 1.65. The number of aliphatic hydroxyl groups is 1. The number of carboxylic acids is 1. The van der Waals surface area contributed by atoms with Crippen molar-refractivity contribution in [2.24, 2.45) is 11.3 Å². The van der Waals surface area contributed by atoms with Crippen molar-refractivity contribution in [2.45, 2.75) is 58.2 Å². The fourth-order valence-corrected chi connectivity index (χ4v) is 5.50. The molecular formula is C28H34ClNO4. The molecule has 2 aromatic rings. The maximum absolute atomic E-state index is 11.8. The third kappa shape index (κ3) is 5.11. The molecule has 0 radical (unpaired) electrons. The fraction of sp³-hybridized carbons (Fsp3) is 0.464. The van der Waals surface area contributed by atoms with Crippen LogP contribution in [0.25, 0.3) is 0 Å². The molecule has 2 N–H and O–H groups in total. The number of halogens is 1. The molecule has 1 heterocycles. The van der Waals surface area contributed by atoms with Gasteiger partial charge in [0.15, 0.2) is 0 Å². The molecule has 2 aromatic carbocycles. The van der Waals surface area contributed by atoms with Crippen LogP contribution in [0.1, 0.15) is 60.5 Å². The van der Waals surface area contributed by atoms with Crippen molar-refractivity contribution in [1.82, 2.24) is 0 Å². The fourth-order valence-electron chi connectivity index (χ4n) is 5.31. The normalized spacial score (nSPS) is 23.4. The summed E-state index contributed by atoms with van der Waals surface area (Å²) in [4.78, 5) is 14.0. The summed E-state index contributed by atoms with van der Waals surface area (Å²) in [6.07, 6.45) is 6.84. The van der Waals surface area contributed by atoms with E-state index in [0.29, 0.717) is 24.7 Å². The molecule has 0 unspecified atom stereocenters. The molecule has 2 aliphatic rings. The zero-order chi connectivity index (χ0) is 24.3. The highest BCUT2D eigenvalue weighted by molar-refractivity contribution is 6.30. The molecule has 4 rings (SSSR count). The molecule has 0 bridgehead atoms. The summed E-state index contributed by atoms with van der Waals surface area (Å²) in [6.45, 7) is 7.90. The van der Waals surface area contributed by atoms with Crippen molar-refractivity contribution in [2.75, 3.05) is 18.0 Å². The quantitative estimate of drug-likeness (QED) is 0.485. The average molecular weight is 484 g/mol. The number of anilines is 1. The summed E-state index contributed by atoms with van der Waals surface area (Å²) in [5, 5.41) is 21.1. The van der Waals surface area contributed by atoms with Crippen LogP contribution in [0.5, 0.6) is 5.75 Å². The van der Waals surface area contributed by atoms with E-state index in [1.807, 2.05) is 18.2 Å². The van der Waals surface area contributed by atoms with Crippen LogP contribution in [0.2, 0.25) is 5.02 Å². The predicted octanol–water partition coefficient (Wildman–Crippen LogP) is 6.11. The number of hydrogen-bond acceptors (Lipinski definition) is 4. The largest absolute Gasteiger partial charge is 0.487 e. The third-order valence-corrected chi connectivity index (χ3v) is 8.01. The molecule has 0 saturated heterocycles. The van der Waals surface area contributed by atoms with Gasteiger partial charge < -0.3 is 19.8 Å². The number of ether oxygens (including phenoxy) is 1. The first-order valence-corrected chi connectivity index (χ1v) is 12.5. The lowest BCUT2D eigenvalue weighted by atomic mass is 9.57. The Morgan fingerprint density at radius 2 is 2.12 bits per heavy atom. The van der Waals surface area contributed by atoms with Crippen LogP contribution in [0.4, 0.5) is 5.69 Å². The van der Waals surface area contributed by atoms with Gasteiger partial charge in [-0.05, 0) is 91.3 Å². The van der Waals surface area contributed by atoms with Crippen LogP contribution in [0, 0.1) is 11.3 Å². The molecule has 6 heteroatoms. The topological polar surface area (TPSA) is 70.0 Å². The Morgan fingerprint density at radius 3 is 2.82 bits per heavy atom. The molecule has 1 fully saturated rings. The van der Waals surface area contributed by atoms with E-state index >= 15 is 0 Å². The van der Waals surface area contributed by atoms with Gasteiger partial charge in [0.25, 0.3) is 0 Å². The maximum atomic E-state index is 11.8. The van der Waals surface area contributed by atoms with Gasteiger partial charge in [-0.25, -0.2) is 4.79 Å².